The number of halogens is 2. The van der Waals surface area contributed by atoms with Gasteiger partial charge in [0.25, 0.3) is 5.91 Å². The number of allylic oxidation sites excluding steroid dienone is 1. The van der Waals surface area contributed by atoms with Gasteiger partial charge in [0.15, 0.2) is 5.72 Å². The number of aliphatic hydroxyl groups is 1. The molecule has 4 nitrogen and oxygen atoms in total. The largest absolute Gasteiger partial charge is 0.496 e. The summed E-state index contributed by atoms with van der Waals surface area (Å²) >= 11 is 12.2. The molecule has 3 rings (SSSR count). The van der Waals surface area contributed by atoms with Crippen LogP contribution in [0.2, 0.25) is 10.0 Å². The molecule has 0 fully saturated rings. The molecule has 2 atom stereocenters. The zero-order valence-corrected chi connectivity index (χ0v) is 16.0. The van der Waals surface area contributed by atoms with Crippen LogP contribution in [0.3, 0.4) is 0 Å². The summed E-state index contributed by atoms with van der Waals surface area (Å²) in [7, 11) is 3.08. The van der Waals surface area contributed by atoms with Crippen molar-refractivity contribution in [1.82, 2.24) is 4.90 Å². The summed E-state index contributed by atoms with van der Waals surface area (Å²) in [4.78, 5) is 14.2. The molecule has 1 aliphatic rings. The highest BCUT2D eigenvalue weighted by atomic mass is 35.5. The summed E-state index contributed by atoms with van der Waals surface area (Å²) in [6.45, 7) is 3.80. The number of hydrogen-bond donors (Lipinski definition) is 1. The molecular formula is C20H19Cl2NO3. The number of fused-ring (bicyclic) bond motifs is 1. The van der Waals surface area contributed by atoms with E-state index in [1.165, 1.54) is 12.0 Å². The molecule has 6 heteroatoms. The van der Waals surface area contributed by atoms with Gasteiger partial charge in [0.1, 0.15) is 5.75 Å². The highest BCUT2D eigenvalue weighted by molar-refractivity contribution is 6.42. The lowest BCUT2D eigenvalue weighted by molar-refractivity contribution is -0.0935. The third kappa shape index (κ3) is 2.69. The molecule has 0 saturated carbocycles. The van der Waals surface area contributed by atoms with Gasteiger partial charge in [-0.05, 0) is 30.2 Å². The number of benzene rings is 2. The number of carbonyl (C=O) groups is 1. The predicted octanol–water partition coefficient (Wildman–Crippen LogP) is 4.59. The maximum Gasteiger partial charge on any atom is 0.260 e. The second-order valence-electron chi connectivity index (χ2n) is 6.22. The molecule has 0 aliphatic carbocycles. The Labute approximate surface area is 162 Å². The maximum atomic E-state index is 12.9. The van der Waals surface area contributed by atoms with E-state index in [0.29, 0.717) is 33.3 Å². The third-order valence-corrected chi connectivity index (χ3v) is 5.65. The number of amides is 1. The minimum Gasteiger partial charge on any atom is -0.496 e. The number of ether oxygens (including phenoxy) is 1. The molecule has 2 aromatic rings. The molecular weight excluding hydrogens is 373 g/mol. The monoisotopic (exact) mass is 391 g/mol. The quantitative estimate of drug-likeness (QED) is 0.758. The van der Waals surface area contributed by atoms with Crippen molar-refractivity contribution in [3.63, 3.8) is 0 Å². The smallest absolute Gasteiger partial charge is 0.260 e. The molecule has 0 radical (unpaired) electrons. The van der Waals surface area contributed by atoms with Crippen molar-refractivity contribution < 1.29 is 14.6 Å². The highest BCUT2D eigenvalue weighted by Crippen LogP contribution is 2.50. The van der Waals surface area contributed by atoms with Gasteiger partial charge in [-0.1, -0.05) is 47.5 Å². The molecule has 0 bridgehead atoms. The van der Waals surface area contributed by atoms with E-state index in [-0.39, 0.29) is 5.91 Å². The van der Waals surface area contributed by atoms with Gasteiger partial charge >= 0.3 is 0 Å². The maximum absolute atomic E-state index is 12.9. The minimum atomic E-state index is -1.56. The van der Waals surface area contributed by atoms with Gasteiger partial charge in [0.05, 0.1) is 22.7 Å². The van der Waals surface area contributed by atoms with Crippen LogP contribution in [0, 0.1) is 0 Å². The first-order chi connectivity index (χ1) is 12.4. The van der Waals surface area contributed by atoms with E-state index >= 15 is 0 Å². The van der Waals surface area contributed by atoms with Crippen molar-refractivity contribution in [2.45, 2.75) is 18.1 Å². The van der Waals surface area contributed by atoms with Gasteiger partial charge in [-0.3, -0.25) is 4.79 Å². The molecule has 2 unspecified atom stereocenters. The lowest BCUT2D eigenvalue weighted by Gasteiger charge is -2.39. The average molecular weight is 392 g/mol. The summed E-state index contributed by atoms with van der Waals surface area (Å²) in [5.74, 6) is -0.340. The number of likely N-dealkylation sites (N-methyl/N-ethyl adjacent to an activating group) is 1. The molecule has 1 N–H and O–H groups in total. The summed E-state index contributed by atoms with van der Waals surface area (Å²) < 4.78 is 5.33. The summed E-state index contributed by atoms with van der Waals surface area (Å²) in [5.41, 5.74) is 0.0697. The second-order valence-corrected chi connectivity index (χ2v) is 7.04. The van der Waals surface area contributed by atoms with Gasteiger partial charge in [-0.25, -0.2) is 0 Å². The topological polar surface area (TPSA) is 49.8 Å². The van der Waals surface area contributed by atoms with Crippen LogP contribution in [0.15, 0.2) is 49.1 Å². The van der Waals surface area contributed by atoms with Crippen molar-refractivity contribution in [2.24, 2.45) is 0 Å². The molecule has 2 aromatic carbocycles. The number of hydrogen-bond acceptors (Lipinski definition) is 3. The van der Waals surface area contributed by atoms with Gasteiger partial charge in [0, 0.05) is 18.5 Å². The summed E-state index contributed by atoms with van der Waals surface area (Å²) in [6, 6.07) is 10.4. The van der Waals surface area contributed by atoms with Crippen LogP contribution in [0.5, 0.6) is 5.75 Å². The van der Waals surface area contributed by atoms with Crippen LogP contribution in [-0.2, 0) is 5.72 Å². The summed E-state index contributed by atoms with van der Waals surface area (Å²) in [6.07, 6.45) is 2.14. The Morgan fingerprint density at radius 1 is 1.31 bits per heavy atom. The Balaban J connectivity index is 2.23. The van der Waals surface area contributed by atoms with Crippen LogP contribution in [0.25, 0.3) is 0 Å². The Morgan fingerprint density at radius 3 is 2.65 bits per heavy atom. The Bertz CT molecular complexity index is 883. The molecule has 1 aliphatic heterocycles. The molecule has 0 aromatic heterocycles. The van der Waals surface area contributed by atoms with Crippen LogP contribution < -0.4 is 4.74 Å². The standard InChI is InChI=1S/C20H19Cl2NO3/c1-4-6-13(12-9-10-15(21)16(22)11-12)20(25)14-7-5-8-17(26-3)18(14)19(24)23(20)2/h4-5,7-11,13,25H,1,6H2,2-3H3. The van der Waals surface area contributed by atoms with Crippen LogP contribution in [-0.4, -0.2) is 30.1 Å². The van der Waals surface area contributed by atoms with Crippen molar-refractivity contribution in [1.29, 1.82) is 0 Å². The van der Waals surface area contributed by atoms with E-state index in [1.807, 2.05) is 0 Å². The van der Waals surface area contributed by atoms with Crippen molar-refractivity contribution in [2.75, 3.05) is 14.2 Å². The van der Waals surface area contributed by atoms with Crippen LogP contribution >= 0.6 is 23.2 Å². The summed E-state index contributed by atoms with van der Waals surface area (Å²) in [5, 5.41) is 12.5. The first-order valence-corrected chi connectivity index (χ1v) is 8.85. The molecule has 1 amide bonds. The lowest BCUT2D eigenvalue weighted by Crippen LogP contribution is -2.45. The van der Waals surface area contributed by atoms with E-state index in [0.717, 1.165) is 5.56 Å². The zero-order valence-electron chi connectivity index (χ0n) is 14.5. The molecule has 136 valence electrons. The second kappa shape index (κ2) is 6.95. The molecule has 0 saturated heterocycles. The first kappa shape index (κ1) is 18.8. The number of nitrogens with zero attached hydrogens (tertiary/aromatic N) is 1. The van der Waals surface area contributed by atoms with Crippen molar-refractivity contribution in [3.05, 3.63) is 75.8 Å². The Kier molecular flexibility index (Phi) is 5.02. The predicted molar refractivity (Wildman–Crippen MR) is 103 cm³/mol. The van der Waals surface area contributed by atoms with Gasteiger partial charge in [0.2, 0.25) is 0 Å². The third-order valence-electron chi connectivity index (χ3n) is 4.91. The first-order valence-electron chi connectivity index (χ1n) is 8.10. The van der Waals surface area contributed by atoms with Crippen LogP contribution in [0.1, 0.15) is 33.8 Å². The van der Waals surface area contributed by atoms with E-state index in [2.05, 4.69) is 6.58 Å². The Hall–Kier alpha value is -2.01. The SMILES string of the molecule is C=CCC(c1ccc(Cl)c(Cl)c1)C1(O)c2cccc(OC)c2C(=O)N1C. The zero-order chi connectivity index (χ0) is 19.1. The molecule has 1 heterocycles. The minimum absolute atomic E-state index is 0.297. The van der Waals surface area contributed by atoms with Crippen molar-refractivity contribution in [3.8, 4) is 5.75 Å². The average Bonchev–Trinajstić information content (AvgIpc) is 2.84. The number of rotatable bonds is 5. The normalized spacial score (nSPS) is 20.0. The van der Waals surface area contributed by atoms with E-state index < -0.39 is 11.6 Å². The number of carbonyl (C=O) groups excluding carboxylic acids is 1. The molecule has 0 spiro atoms. The van der Waals surface area contributed by atoms with Gasteiger partial charge in [-0.15, -0.1) is 6.58 Å². The van der Waals surface area contributed by atoms with E-state index in [9.17, 15) is 9.90 Å². The van der Waals surface area contributed by atoms with Crippen LogP contribution in [0.4, 0.5) is 0 Å². The van der Waals surface area contributed by atoms with Gasteiger partial charge < -0.3 is 14.7 Å². The lowest BCUT2D eigenvalue weighted by atomic mass is 9.81. The van der Waals surface area contributed by atoms with E-state index in [4.69, 9.17) is 27.9 Å². The fraction of sp³-hybridized carbons (Fsp3) is 0.250. The fourth-order valence-corrected chi connectivity index (χ4v) is 3.89. The van der Waals surface area contributed by atoms with Crippen molar-refractivity contribution >= 4 is 29.1 Å². The molecule has 26 heavy (non-hydrogen) atoms. The van der Waals surface area contributed by atoms with Gasteiger partial charge in [-0.2, -0.15) is 0 Å². The Morgan fingerprint density at radius 2 is 2.04 bits per heavy atom. The highest BCUT2D eigenvalue weighted by Gasteiger charge is 2.53. The fourth-order valence-electron chi connectivity index (χ4n) is 3.58. The van der Waals surface area contributed by atoms with E-state index in [1.54, 1.807) is 49.5 Å². The number of methoxy groups -OCH3 is 1.